The molecule has 1 fully saturated rings. The van der Waals surface area contributed by atoms with E-state index in [1.165, 1.54) is 12.8 Å². The molecule has 6 N–H and O–H groups in total. The minimum Gasteiger partial charge on any atom is -1.00 e. The second-order valence-electron chi connectivity index (χ2n) is 3.22. The van der Waals surface area contributed by atoms with Gasteiger partial charge in [-0.15, -0.1) is 0 Å². The van der Waals surface area contributed by atoms with Gasteiger partial charge < -0.3 is 23.1 Å². The second-order valence-corrected chi connectivity index (χ2v) is 3.22. The summed E-state index contributed by atoms with van der Waals surface area (Å²) in [4.78, 5) is 18.2. The summed E-state index contributed by atoms with van der Waals surface area (Å²) in [5.41, 5.74) is 11.3. The SMILES string of the molecule is N[C@@H]1CCCC[C@H]1N.O=C(O)C(=O)O.[H-].[K+].[Pt]. The van der Waals surface area contributed by atoms with Crippen LogP contribution in [0.4, 0.5) is 0 Å². The van der Waals surface area contributed by atoms with Crippen molar-refractivity contribution >= 4 is 11.9 Å². The quantitative estimate of drug-likeness (QED) is 0.229. The van der Waals surface area contributed by atoms with Crippen LogP contribution in [0.1, 0.15) is 27.1 Å². The fraction of sp³-hybridized carbons (Fsp3) is 0.750. The van der Waals surface area contributed by atoms with Crippen LogP contribution in [0.3, 0.4) is 0 Å². The van der Waals surface area contributed by atoms with E-state index in [1.807, 2.05) is 0 Å². The van der Waals surface area contributed by atoms with Crippen molar-refractivity contribution in [2.45, 2.75) is 37.8 Å². The first-order valence-electron chi connectivity index (χ1n) is 4.42. The molecule has 0 unspecified atom stereocenters. The third kappa shape index (κ3) is 11.7. The maximum Gasteiger partial charge on any atom is 1.00 e. The molecule has 8 heteroatoms. The number of hydrogen-bond donors (Lipinski definition) is 4. The Hall–Kier alpha value is 1.18. The zero-order valence-corrected chi connectivity index (χ0v) is 14.6. The summed E-state index contributed by atoms with van der Waals surface area (Å²) < 4.78 is 0. The molecule has 1 aliphatic carbocycles. The Balaban J connectivity index is -0.0000000873. The topological polar surface area (TPSA) is 127 Å². The number of carboxylic acids is 2. The molecule has 0 aromatic heterocycles. The third-order valence-corrected chi connectivity index (χ3v) is 2.06. The Bertz CT molecular complexity index is 202. The second kappa shape index (κ2) is 12.6. The van der Waals surface area contributed by atoms with Gasteiger partial charge in [0.25, 0.3) is 0 Å². The molecule has 0 saturated heterocycles. The minimum atomic E-state index is -1.82. The number of aliphatic carboxylic acids is 2. The molecular weight excluding hydrogens is 422 g/mol. The normalized spacial score (nSPS) is 22.6. The van der Waals surface area contributed by atoms with Crippen LogP contribution in [0.25, 0.3) is 0 Å². The van der Waals surface area contributed by atoms with Crippen molar-refractivity contribution in [3.05, 3.63) is 0 Å². The maximum absolute atomic E-state index is 9.10. The van der Waals surface area contributed by atoms with Crippen LogP contribution in [-0.4, -0.2) is 34.2 Å². The molecule has 2 atom stereocenters. The summed E-state index contributed by atoms with van der Waals surface area (Å²) in [6, 6.07) is 0.562. The van der Waals surface area contributed by atoms with Gasteiger partial charge in [0.15, 0.2) is 0 Å². The van der Waals surface area contributed by atoms with Crippen LogP contribution in [0.2, 0.25) is 0 Å². The number of carbonyl (C=O) groups is 2. The van der Waals surface area contributed by atoms with Gasteiger partial charge in [-0.3, -0.25) is 0 Å². The number of nitrogens with two attached hydrogens (primary N) is 2. The first kappa shape index (κ1) is 22.4. The minimum absolute atomic E-state index is 0. The monoisotopic (exact) mass is 439 g/mol. The van der Waals surface area contributed by atoms with Gasteiger partial charge in [-0.2, -0.15) is 0 Å². The predicted molar refractivity (Wildman–Crippen MR) is 50.8 cm³/mol. The van der Waals surface area contributed by atoms with Gasteiger partial charge in [0, 0.05) is 33.1 Å². The van der Waals surface area contributed by atoms with E-state index < -0.39 is 11.9 Å². The van der Waals surface area contributed by atoms with Crippen molar-refractivity contribution in [1.29, 1.82) is 0 Å². The fourth-order valence-electron chi connectivity index (χ4n) is 1.19. The van der Waals surface area contributed by atoms with Crippen molar-refractivity contribution in [3.63, 3.8) is 0 Å². The zero-order chi connectivity index (χ0) is 11.1. The van der Waals surface area contributed by atoms with E-state index in [2.05, 4.69) is 0 Å². The molecule has 0 heterocycles. The summed E-state index contributed by atoms with van der Waals surface area (Å²) in [6.07, 6.45) is 4.80. The van der Waals surface area contributed by atoms with Gasteiger partial charge in [-0.1, -0.05) is 12.8 Å². The van der Waals surface area contributed by atoms with Crippen LogP contribution in [0, 0.1) is 0 Å². The third-order valence-electron chi connectivity index (χ3n) is 2.06. The summed E-state index contributed by atoms with van der Waals surface area (Å²) in [7, 11) is 0. The molecule has 1 saturated carbocycles. The van der Waals surface area contributed by atoms with Crippen LogP contribution in [0.15, 0.2) is 0 Å². The molecule has 16 heavy (non-hydrogen) atoms. The summed E-state index contributed by atoms with van der Waals surface area (Å²) in [5, 5.41) is 14.8. The van der Waals surface area contributed by atoms with E-state index in [4.69, 9.17) is 31.3 Å². The van der Waals surface area contributed by atoms with Crippen LogP contribution in [-0.2, 0) is 30.7 Å². The van der Waals surface area contributed by atoms with E-state index in [9.17, 15) is 0 Å². The van der Waals surface area contributed by atoms with E-state index in [-0.39, 0.29) is 86.0 Å². The average Bonchev–Trinajstić information content (AvgIpc) is 2.11. The predicted octanol–water partition coefficient (Wildman–Crippen LogP) is -3.52. The summed E-state index contributed by atoms with van der Waals surface area (Å²) in [5.74, 6) is -3.65. The van der Waals surface area contributed by atoms with Crippen molar-refractivity contribution in [1.82, 2.24) is 0 Å². The largest absolute Gasteiger partial charge is 1.00 e. The Labute approximate surface area is 153 Å². The summed E-state index contributed by atoms with van der Waals surface area (Å²) in [6.45, 7) is 0. The Morgan fingerprint density at radius 3 is 1.38 bits per heavy atom. The Morgan fingerprint density at radius 1 is 1.00 bits per heavy atom. The van der Waals surface area contributed by atoms with Gasteiger partial charge >= 0.3 is 63.3 Å². The first-order chi connectivity index (χ1) is 6.45. The Morgan fingerprint density at radius 2 is 1.25 bits per heavy atom. The van der Waals surface area contributed by atoms with E-state index >= 15 is 0 Å². The standard InChI is InChI=1S/C6H14N2.C2H2O4.K.Pt.H/c7-5-3-1-2-4-6(5)8;3-1(4)2(5)6;;;/h5-6H,1-4,7-8H2;(H,3,4)(H,5,6);;;/q;;+1;;-1/t5-,6-;;;;/m1..../s1. The van der Waals surface area contributed by atoms with Gasteiger partial charge in [0.05, 0.1) is 0 Å². The van der Waals surface area contributed by atoms with Crippen molar-refractivity contribution in [3.8, 4) is 0 Å². The molecule has 0 spiro atoms. The number of hydrogen-bond acceptors (Lipinski definition) is 4. The molecule has 94 valence electrons. The van der Waals surface area contributed by atoms with Gasteiger partial charge in [-0.25, -0.2) is 9.59 Å². The first-order valence-corrected chi connectivity index (χ1v) is 4.42. The molecule has 1 aliphatic rings. The molecular formula is C8H17KN2O4Pt. The molecule has 6 nitrogen and oxygen atoms in total. The van der Waals surface area contributed by atoms with E-state index in [0.29, 0.717) is 0 Å². The maximum atomic E-state index is 9.10. The number of rotatable bonds is 0. The fourth-order valence-corrected chi connectivity index (χ4v) is 1.19. The Kier molecular flexibility index (Phi) is 17.7. The molecule has 0 bridgehead atoms. The molecule has 0 amide bonds. The molecule has 1 rings (SSSR count). The zero-order valence-electron chi connectivity index (χ0n) is 10.2. The van der Waals surface area contributed by atoms with Crippen molar-refractivity contribution in [2.75, 3.05) is 0 Å². The smallest absolute Gasteiger partial charge is 1.00 e. The van der Waals surface area contributed by atoms with E-state index in [0.717, 1.165) is 12.8 Å². The van der Waals surface area contributed by atoms with Crippen molar-refractivity contribution < 1.29 is 93.7 Å². The molecule has 0 aromatic carbocycles. The van der Waals surface area contributed by atoms with Crippen LogP contribution < -0.4 is 62.9 Å². The number of carboxylic acid groups (broad SMARTS) is 2. The molecule has 0 radical (unpaired) electrons. The molecule has 0 aromatic rings. The summed E-state index contributed by atoms with van der Waals surface area (Å²) >= 11 is 0. The van der Waals surface area contributed by atoms with Gasteiger partial charge in [0.2, 0.25) is 0 Å². The van der Waals surface area contributed by atoms with Crippen LogP contribution in [0.5, 0.6) is 0 Å². The molecule has 0 aliphatic heterocycles. The van der Waals surface area contributed by atoms with Gasteiger partial charge in [-0.05, 0) is 12.8 Å². The van der Waals surface area contributed by atoms with E-state index in [1.54, 1.807) is 0 Å². The average molecular weight is 439 g/mol. The van der Waals surface area contributed by atoms with Crippen molar-refractivity contribution in [2.24, 2.45) is 11.5 Å². The van der Waals surface area contributed by atoms with Crippen LogP contribution >= 0.6 is 0 Å². The van der Waals surface area contributed by atoms with Gasteiger partial charge in [0.1, 0.15) is 0 Å².